The number of methoxy groups -OCH3 is 4. The van der Waals surface area contributed by atoms with Gasteiger partial charge >= 0.3 is 0 Å². The molecule has 2 amide bonds. The Morgan fingerprint density at radius 1 is 1.00 bits per heavy atom. The molecule has 1 aliphatic heterocycles. The van der Waals surface area contributed by atoms with Crippen LogP contribution in [0.2, 0.25) is 0 Å². The summed E-state index contributed by atoms with van der Waals surface area (Å²) in [5, 5.41) is 3.03. The highest BCUT2D eigenvalue weighted by Crippen LogP contribution is 2.46. The average molecular weight is 501 g/mol. The van der Waals surface area contributed by atoms with Gasteiger partial charge in [-0.25, -0.2) is 0 Å². The standard InChI is InChI=1S/C27H36N2O7/c1-6-36-15-7-14-28-27(31)21-12-13-24(30)29(25(21)18-8-10-20(32-2)11-9-18)19-16-22(33-3)26(35-5)23(17-19)34-4/h8-11,16-17,21,25H,6-7,12-15H2,1-5H3,(H,28,31)/t21-,25+/m0/s1. The molecule has 9 heteroatoms. The fourth-order valence-electron chi connectivity index (χ4n) is 4.52. The van der Waals surface area contributed by atoms with Crippen molar-refractivity contribution in [1.29, 1.82) is 0 Å². The van der Waals surface area contributed by atoms with E-state index in [1.54, 1.807) is 24.1 Å². The van der Waals surface area contributed by atoms with Gasteiger partial charge in [0, 0.05) is 38.3 Å². The van der Waals surface area contributed by atoms with E-state index in [1.165, 1.54) is 21.3 Å². The Labute approximate surface area is 212 Å². The van der Waals surface area contributed by atoms with Gasteiger partial charge in [0.2, 0.25) is 17.6 Å². The smallest absolute Gasteiger partial charge is 0.227 e. The zero-order valence-electron chi connectivity index (χ0n) is 21.7. The first kappa shape index (κ1) is 27.1. The highest BCUT2D eigenvalue weighted by Gasteiger charge is 2.42. The summed E-state index contributed by atoms with van der Waals surface area (Å²) >= 11 is 0. The van der Waals surface area contributed by atoms with Gasteiger partial charge in [-0.15, -0.1) is 0 Å². The predicted octanol–water partition coefficient (Wildman–Crippen LogP) is 3.75. The van der Waals surface area contributed by atoms with Crippen molar-refractivity contribution in [3.8, 4) is 23.0 Å². The summed E-state index contributed by atoms with van der Waals surface area (Å²) < 4.78 is 27.2. The monoisotopic (exact) mass is 500 g/mol. The molecule has 1 heterocycles. The van der Waals surface area contributed by atoms with E-state index < -0.39 is 12.0 Å². The fourth-order valence-corrected chi connectivity index (χ4v) is 4.52. The minimum absolute atomic E-state index is 0.0921. The van der Waals surface area contributed by atoms with Crippen molar-refractivity contribution in [1.82, 2.24) is 5.32 Å². The van der Waals surface area contributed by atoms with Gasteiger partial charge in [0.1, 0.15) is 5.75 Å². The second kappa shape index (κ2) is 13.0. The van der Waals surface area contributed by atoms with Crippen LogP contribution in [0.5, 0.6) is 23.0 Å². The highest BCUT2D eigenvalue weighted by atomic mass is 16.5. The Morgan fingerprint density at radius 3 is 2.22 bits per heavy atom. The normalized spacial score (nSPS) is 17.5. The zero-order valence-corrected chi connectivity index (χ0v) is 21.7. The van der Waals surface area contributed by atoms with Crippen LogP contribution >= 0.6 is 0 Å². The van der Waals surface area contributed by atoms with E-state index in [2.05, 4.69) is 5.32 Å². The summed E-state index contributed by atoms with van der Waals surface area (Å²) in [6, 6.07) is 10.4. The number of rotatable bonds is 12. The third-order valence-electron chi connectivity index (χ3n) is 6.29. The van der Waals surface area contributed by atoms with Gasteiger partial charge in [-0.05, 0) is 37.5 Å². The number of anilines is 1. The third-order valence-corrected chi connectivity index (χ3v) is 6.29. The molecule has 1 fully saturated rings. The van der Waals surface area contributed by atoms with Crippen molar-refractivity contribution < 1.29 is 33.3 Å². The van der Waals surface area contributed by atoms with E-state index in [9.17, 15) is 9.59 Å². The first-order chi connectivity index (χ1) is 17.5. The maximum atomic E-state index is 13.4. The van der Waals surface area contributed by atoms with Crippen LogP contribution < -0.4 is 29.2 Å². The fraction of sp³-hybridized carbons (Fsp3) is 0.481. The van der Waals surface area contributed by atoms with Crippen LogP contribution in [0.3, 0.4) is 0 Å². The van der Waals surface area contributed by atoms with Crippen LogP contribution in [0, 0.1) is 5.92 Å². The number of carbonyl (C=O) groups excluding carboxylic acids is 2. The summed E-state index contributed by atoms with van der Waals surface area (Å²) in [7, 11) is 6.18. The van der Waals surface area contributed by atoms with Gasteiger partial charge in [0.25, 0.3) is 0 Å². The first-order valence-corrected chi connectivity index (χ1v) is 12.1. The van der Waals surface area contributed by atoms with Crippen molar-refractivity contribution in [2.24, 2.45) is 5.92 Å². The van der Waals surface area contributed by atoms with Crippen molar-refractivity contribution in [3.63, 3.8) is 0 Å². The predicted molar refractivity (Wildman–Crippen MR) is 136 cm³/mol. The molecule has 9 nitrogen and oxygen atoms in total. The Hall–Kier alpha value is -3.46. The molecule has 0 saturated carbocycles. The molecule has 2 aromatic rings. The summed E-state index contributed by atoms with van der Waals surface area (Å²) in [5.41, 5.74) is 1.39. The number of piperidine rings is 1. The second-order valence-corrected chi connectivity index (χ2v) is 8.35. The van der Waals surface area contributed by atoms with Crippen LogP contribution in [0.15, 0.2) is 36.4 Å². The average Bonchev–Trinajstić information content (AvgIpc) is 2.91. The van der Waals surface area contributed by atoms with Gasteiger partial charge in [0.05, 0.1) is 46.1 Å². The summed E-state index contributed by atoms with van der Waals surface area (Å²) in [4.78, 5) is 28.4. The van der Waals surface area contributed by atoms with Crippen LogP contribution in [0.4, 0.5) is 5.69 Å². The molecule has 0 radical (unpaired) electrons. The Bertz CT molecular complexity index is 1000. The molecule has 2 aromatic carbocycles. The van der Waals surface area contributed by atoms with E-state index in [1.807, 2.05) is 31.2 Å². The Balaban J connectivity index is 2.03. The molecule has 1 aliphatic rings. The molecule has 1 N–H and O–H groups in total. The van der Waals surface area contributed by atoms with E-state index in [0.717, 1.165) is 12.0 Å². The Morgan fingerprint density at radius 2 is 1.67 bits per heavy atom. The minimum Gasteiger partial charge on any atom is -0.497 e. The molecular formula is C27H36N2O7. The van der Waals surface area contributed by atoms with Crippen molar-refractivity contribution in [3.05, 3.63) is 42.0 Å². The highest BCUT2D eigenvalue weighted by molar-refractivity contribution is 5.98. The van der Waals surface area contributed by atoms with Gasteiger partial charge < -0.3 is 33.9 Å². The molecule has 0 aromatic heterocycles. The molecular weight excluding hydrogens is 464 g/mol. The summed E-state index contributed by atoms with van der Waals surface area (Å²) in [6.07, 6.45) is 1.39. The van der Waals surface area contributed by atoms with E-state index in [4.69, 9.17) is 23.7 Å². The second-order valence-electron chi connectivity index (χ2n) is 8.35. The van der Waals surface area contributed by atoms with E-state index >= 15 is 0 Å². The van der Waals surface area contributed by atoms with Crippen LogP contribution in [0.25, 0.3) is 0 Å². The molecule has 36 heavy (non-hydrogen) atoms. The molecule has 3 rings (SSSR count). The SMILES string of the molecule is CCOCCCNC(=O)[C@H]1CCC(=O)N(c2cc(OC)c(OC)c(OC)c2)[C@@H]1c1ccc(OC)cc1. The van der Waals surface area contributed by atoms with Gasteiger partial charge in [-0.1, -0.05) is 12.1 Å². The number of nitrogens with zero attached hydrogens (tertiary/aromatic N) is 1. The summed E-state index contributed by atoms with van der Waals surface area (Å²) in [6.45, 7) is 3.67. The maximum Gasteiger partial charge on any atom is 0.227 e. The lowest BCUT2D eigenvalue weighted by Crippen LogP contribution is -2.48. The number of hydrogen-bond donors (Lipinski definition) is 1. The quantitative estimate of drug-likeness (QED) is 0.444. The lowest BCUT2D eigenvalue weighted by Gasteiger charge is -2.41. The molecule has 196 valence electrons. The topological polar surface area (TPSA) is 95.6 Å². The van der Waals surface area contributed by atoms with Crippen molar-refractivity contribution >= 4 is 17.5 Å². The summed E-state index contributed by atoms with van der Waals surface area (Å²) in [5.74, 6) is 1.33. The van der Waals surface area contributed by atoms with E-state index in [-0.39, 0.29) is 18.2 Å². The lowest BCUT2D eigenvalue weighted by molar-refractivity contribution is -0.129. The molecule has 2 atom stereocenters. The van der Waals surface area contributed by atoms with Crippen molar-refractivity contribution in [2.45, 2.75) is 32.2 Å². The molecule has 0 bridgehead atoms. The van der Waals surface area contributed by atoms with Crippen molar-refractivity contribution in [2.75, 3.05) is 53.1 Å². The zero-order chi connectivity index (χ0) is 26.1. The lowest BCUT2D eigenvalue weighted by atomic mass is 9.83. The number of amides is 2. The van der Waals surface area contributed by atoms with E-state index in [0.29, 0.717) is 54.9 Å². The number of hydrogen-bond acceptors (Lipinski definition) is 7. The Kier molecular flexibility index (Phi) is 9.81. The van der Waals surface area contributed by atoms with Gasteiger partial charge in [-0.3, -0.25) is 9.59 Å². The number of ether oxygens (including phenoxy) is 5. The largest absolute Gasteiger partial charge is 0.497 e. The molecule has 1 saturated heterocycles. The molecule has 0 aliphatic carbocycles. The first-order valence-electron chi connectivity index (χ1n) is 12.1. The minimum atomic E-state index is -0.535. The van der Waals surface area contributed by atoms with Gasteiger partial charge in [0.15, 0.2) is 11.5 Å². The number of benzene rings is 2. The van der Waals surface area contributed by atoms with Crippen LogP contribution in [-0.4, -0.2) is 60.0 Å². The number of carbonyl (C=O) groups is 2. The third kappa shape index (κ3) is 6.02. The number of nitrogens with one attached hydrogen (secondary N) is 1. The maximum absolute atomic E-state index is 13.4. The van der Waals surface area contributed by atoms with Crippen LogP contribution in [-0.2, 0) is 14.3 Å². The van der Waals surface area contributed by atoms with Crippen LogP contribution in [0.1, 0.15) is 37.8 Å². The molecule has 0 spiro atoms. The van der Waals surface area contributed by atoms with Gasteiger partial charge in [-0.2, -0.15) is 0 Å². The molecule has 0 unspecified atom stereocenters.